The van der Waals surface area contributed by atoms with Crippen LogP contribution in [0.25, 0.3) is 0 Å². The van der Waals surface area contributed by atoms with Gasteiger partial charge in [-0.15, -0.1) is 0 Å². The molecule has 3 nitrogen and oxygen atoms in total. The molecule has 22 heavy (non-hydrogen) atoms. The number of carbonyl (C=O) groups is 2. The van der Waals surface area contributed by atoms with Crippen LogP contribution in [0.1, 0.15) is 74.6 Å². The third-order valence-corrected chi connectivity index (χ3v) is 5.13. The Balaban J connectivity index is 0.00000176. The summed E-state index contributed by atoms with van der Waals surface area (Å²) in [6.07, 6.45) is 7.63. The van der Waals surface area contributed by atoms with Crippen LogP contribution >= 0.6 is 0 Å². The number of hydrogen-bond acceptors (Lipinski definition) is 2. The zero-order valence-electron chi connectivity index (χ0n) is 13.2. The molecule has 4 heteroatoms. The van der Waals surface area contributed by atoms with Crippen molar-refractivity contribution in [3.05, 3.63) is 29.6 Å². The van der Waals surface area contributed by atoms with Gasteiger partial charge in [-0.3, -0.25) is 9.59 Å². The second-order valence-electron chi connectivity index (χ2n) is 6.46. The lowest BCUT2D eigenvalue weighted by Crippen LogP contribution is -3.00. The largest absolute Gasteiger partial charge is 1.00 e. The standard InChI is InChI=1S/C18H24NO2.HI/c1-19-15(13-7-2-4-11-17(13)20)9-6-10-16(19)14-8-3-5-12-18(14)21;/h6,9-10,13-14H,2-5,7-8,11-12H2,1H3;1H/q+1;/p-1. The number of Topliss-reactive ketones (excluding diaryl/α,β-unsaturated/α-hetero) is 2. The highest BCUT2D eigenvalue weighted by Crippen LogP contribution is 2.31. The molecule has 2 aliphatic rings. The van der Waals surface area contributed by atoms with Crippen molar-refractivity contribution in [2.75, 3.05) is 0 Å². The van der Waals surface area contributed by atoms with Gasteiger partial charge in [-0.1, -0.05) is 12.8 Å². The third-order valence-electron chi connectivity index (χ3n) is 5.13. The molecule has 0 spiro atoms. The van der Waals surface area contributed by atoms with Gasteiger partial charge >= 0.3 is 0 Å². The average molecular weight is 413 g/mol. The highest BCUT2D eigenvalue weighted by atomic mass is 127. The fourth-order valence-electron chi connectivity index (χ4n) is 3.91. The van der Waals surface area contributed by atoms with E-state index in [9.17, 15) is 9.59 Å². The quantitative estimate of drug-likeness (QED) is 0.505. The predicted octanol–water partition coefficient (Wildman–Crippen LogP) is -0.0315. The van der Waals surface area contributed by atoms with Crippen molar-refractivity contribution in [2.24, 2.45) is 7.05 Å². The van der Waals surface area contributed by atoms with E-state index in [-0.39, 0.29) is 35.8 Å². The van der Waals surface area contributed by atoms with Crippen LogP contribution < -0.4 is 28.5 Å². The second-order valence-corrected chi connectivity index (χ2v) is 6.46. The van der Waals surface area contributed by atoms with Gasteiger partial charge in [-0.2, -0.15) is 0 Å². The minimum Gasteiger partial charge on any atom is -1.00 e. The zero-order valence-corrected chi connectivity index (χ0v) is 15.3. The Morgan fingerprint density at radius 3 is 1.73 bits per heavy atom. The van der Waals surface area contributed by atoms with Crippen molar-refractivity contribution in [3.63, 3.8) is 0 Å². The number of carbonyl (C=O) groups excluding carboxylic acids is 2. The first-order valence-corrected chi connectivity index (χ1v) is 8.22. The average Bonchev–Trinajstić information content (AvgIpc) is 2.49. The summed E-state index contributed by atoms with van der Waals surface area (Å²) in [7, 11) is 2.02. The van der Waals surface area contributed by atoms with Crippen LogP contribution in [0.3, 0.4) is 0 Å². The fraction of sp³-hybridized carbons (Fsp3) is 0.611. The van der Waals surface area contributed by atoms with Crippen molar-refractivity contribution in [1.82, 2.24) is 0 Å². The summed E-state index contributed by atoms with van der Waals surface area (Å²) in [5, 5.41) is 0. The van der Waals surface area contributed by atoms with Crippen molar-refractivity contribution in [3.8, 4) is 0 Å². The van der Waals surface area contributed by atoms with Crippen molar-refractivity contribution < 1.29 is 38.1 Å². The minimum absolute atomic E-state index is 0. The normalized spacial score (nSPS) is 25.7. The molecule has 2 saturated carbocycles. The molecule has 2 unspecified atom stereocenters. The number of nitrogens with zero attached hydrogens (tertiary/aromatic N) is 1. The second kappa shape index (κ2) is 7.66. The topological polar surface area (TPSA) is 38.0 Å². The first-order valence-electron chi connectivity index (χ1n) is 8.22. The van der Waals surface area contributed by atoms with Crippen LogP contribution in [-0.4, -0.2) is 11.6 Å². The monoisotopic (exact) mass is 413 g/mol. The summed E-state index contributed by atoms with van der Waals surface area (Å²) >= 11 is 0. The molecule has 0 aromatic carbocycles. The molecule has 2 aliphatic carbocycles. The molecule has 1 aromatic rings. The van der Waals surface area contributed by atoms with Gasteiger partial charge in [0, 0.05) is 25.0 Å². The fourth-order valence-corrected chi connectivity index (χ4v) is 3.91. The van der Waals surface area contributed by atoms with Gasteiger partial charge in [0.1, 0.15) is 30.4 Å². The SMILES string of the molecule is C[n+]1c(C2CCCCC2=O)cccc1C1CCCCC1=O.[I-]. The summed E-state index contributed by atoms with van der Waals surface area (Å²) in [6.45, 7) is 0. The van der Waals surface area contributed by atoms with Crippen LogP contribution in [0.15, 0.2) is 18.2 Å². The van der Waals surface area contributed by atoms with Gasteiger partial charge < -0.3 is 24.0 Å². The number of aromatic nitrogens is 1. The molecule has 0 bridgehead atoms. The summed E-state index contributed by atoms with van der Waals surface area (Å²) < 4.78 is 2.13. The van der Waals surface area contributed by atoms with Gasteiger partial charge in [0.25, 0.3) is 0 Å². The van der Waals surface area contributed by atoms with Crippen molar-refractivity contribution in [1.29, 1.82) is 0 Å². The number of pyridine rings is 1. The van der Waals surface area contributed by atoms with E-state index in [4.69, 9.17) is 0 Å². The predicted molar refractivity (Wildman–Crippen MR) is 80.1 cm³/mol. The Kier molecular flexibility index (Phi) is 6.12. The maximum Gasteiger partial charge on any atom is 0.191 e. The Hall–Kier alpha value is -0.780. The molecule has 0 aliphatic heterocycles. The van der Waals surface area contributed by atoms with Crippen LogP contribution in [-0.2, 0) is 16.6 Å². The molecule has 0 saturated heterocycles. The van der Waals surface area contributed by atoms with E-state index >= 15 is 0 Å². The maximum absolute atomic E-state index is 12.2. The van der Waals surface area contributed by atoms with Gasteiger partial charge in [0.05, 0.1) is 0 Å². The number of hydrogen-bond donors (Lipinski definition) is 0. The number of halogens is 1. The third kappa shape index (κ3) is 3.42. The molecule has 1 heterocycles. The van der Waals surface area contributed by atoms with Gasteiger partial charge in [-0.05, 0) is 31.7 Å². The zero-order chi connectivity index (χ0) is 14.8. The van der Waals surface area contributed by atoms with Crippen LogP contribution in [0.2, 0.25) is 0 Å². The Labute approximate surface area is 149 Å². The maximum atomic E-state index is 12.2. The first kappa shape index (κ1) is 17.6. The molecule has 0 amide bonds. The molecular weight excluding hydrogens is 389 g/mol. The molecule has 2 fully saturated rings. The lowest BCUT2D eigenvalue weighted by Gasteiger charge is -2.22. The highest BCUT2D eigenvalue weighted by Gasteiger charge is 2.35. The Bertz CT molecular complexity index is 524. The summed E-state index contributed by atoms with van der Waals surface area (Å²) in [5.41, 5.74) is 2.19. The molecular formula is C18H24INO2. The molecule has 2 atom stereocenters. The van der Waals surface area contributed by atoms with E-state index in [0.29, 0.717) is 24.4 Å². The van der Waals surface area contributed by atoms with Crippen molar-refractivity contribution >= 4 is 11.6 Å². The number of rotatable bonds is 2. The van der Waals surface area contributed by atoms with Crippen LogP contribution in [0.4, 0.5) is 0 Å². The molecule has 1 aromatic heterocycles. The number of ketones is 2. The summed E-state index contributed by atoms with van der Waals surface area (Å²) in [6, 6.07) is 6.14. The highest BCUT2D eigenvalue weighted by molar-refractivity contribution is 5.86. The van der Waals surface area contributed by atoms with E-state index < -0.39 is 0 Å². The van der Waals surface area contributed by atoms with Gasteiger partial charge in [-0.25, -0.2) is 4.57 Å². The van der Waals surface area contributed by atoms with Gasteiger partial charge in [0.15, 0.2) is 11.4 Å². The Morgan fingerprint density at radius 2 is 1.32 bits per heavy atom. The molecule has 120 valence electrons. The smallest absolute Gasteiger partial charge is 0.191 e. The molecule has 0 radical (unpaired) electrons. The molecule has 3 rings (SSSR count). The summed E-state index contributed by atoms with van der Waals surface area (Å²) in [5.74, 6) is 0.790. The summed E-state index contributed by atoms with van der Waals surface area (Å²) in [4.78, 5) is 24.4. The Morgan fingerprint density at radius 1 is 0.864 bits per heavy atom. The lowest BCUT2D eigenvalue weighted by atomic mass is 9.83. The van der Waals surface area contributed by atoms with Crippen LogP contribution in [0.5, 0.6) is 0 Å². The lowest BCUT2D eigenvalue weighted by molar-refractivity contribution is -0.688. The molecule has 0 N–H and O–H groups in total. The van der Waals surface area contributed by atoms with Gasteiger partial charge in [0.2, 0.25) is 0 Å². The van der Waals surface area contributed by atoms with Crippen LogP contribution in [0, 0.1) is 0 Å². The van der Waals surface area contributed by atoms with E-state index in [0.717, 1.165) is 49.9 Å². The minimum atomic E-state index is 0. The van der Waals surface area contributed by atoms with E-state index in [2.05, 4.69) is 16.7 Å². The van der Waals surface area contributed by atoms with E-state index in [1.54, 1.807) is 0 Å². The van der Waals surface area contributed by atoms with E-state index in [1.807, 2.05) is 13.1 Å². The first-order chi connectivity index (χ1) is 10.2. The van der Waals surface area contributed by atoms with E-state index in [1.165, 1.54) is 0 Å². The van der Waals surface area contributed by atoms with Crippen molar-refractivity contribution in [2.45, 2.75) is 63.2 Å².